The molecule has 0 amide bonds. The molecule has 1 aromatic rings. The number of carbonyl (C=O) groups is 1. The minimum atomic E-state index is -0.371. The Morgan fingerprint density at radius 3 is 2.50 bits per heavy atom. The van der Waals surface area contributed by atoms with Crippen LogP contribution in [0.25, 0.3) is 0 Å². The minimum absolute atomic E-state index is 0.304. The molecule has 0 heterocycles. The summed E-state index contributed by atoms with van der Waals surface area (Å²) in [7, 11) is 0. The zero-order chi connectivity index (χ0) is 8.97. The Labute approximate surface area is 73.9 Å². The first kappa shape index (κ1) is 9.06. The van der Waals surface area contributed by atoms with Gasteiger partial charge < -0.3 is 4.18 Å². The van der Waals surface area contributed by atoms with Crippen molar-refractivity contribution in [2.45, 2.75) is 11.8 Å². The lowest BCUT2D eigenvalue weighted by Gasteiger charge is -1.97. The molecule has 2 nitrogen and oxygen atoms in total. The van der Waals surface area contributed by atoms with Crippen molar-refractivity contribution in [3.8, 4) is 0 Å². The minimum Gasteiger partial charge on any atom is -0.386 e. The van der Waals surface area contributed by atoms with Crippen molar-refractivity contribution >= 4 is 18.0 Å². The lowest BCUT2D eigenvalue weighted by Crippen LogP contribution is -1.88. The van der Waals surface area contributed by atoms with Gasteiger partial charge in [-0.3, -0.25) is 4.79 Å². The molecule has 0 bridgehead atoms. The van der Waals surface area contributed by atoms with E-state index in [0.717, 1.165) is 12.0 Å². The molecular formula is C8H7FO2S. The molecule has 0 spiro atoms. The quantitative estimate of drug-likeness (QED) is 0.663. The van der Waals surface area contributed by atoms with Gasteiger partial charge in [0.2, 0.25) is 0 Å². The van der Waals surface area contributed by atoms with Gasteiger partial charge in [-0.1, -0.05) is 0 Å². The van der Waals surface area contributed by atoms with Crippen molar-refractivity contribution in [2.24, 2.45) is 0 Å². The molecule has 4 heteroatoms. The highest BCUT2D eigenvalue weighted by molar-refractivity contribution is 7.95. The first-order valence-corrected chi connectivity index (χ1v) is 4.03. The molecule has 0 aliphatic rings. The van der Waals surface area contributed by atoms with Crippen LogP contribution in [-0.2, 0) is 8.98 Å². The van der Waals surface area contributed by atoms with E-state index in [9.17, 15) is 9.18 Å². The van der Waals surface area contributed by atoms with E-state index < -0.39 is 0 Å². The fourth-order valence-corrected chi connectivity index (χ4v) is 1.06. The van der Waals surface area contributed by atoms with Crippen LogP contribution in [0.15, 0.2) is 29.2 Å². The molecule has 0 aliphatic carbocycles. The van der Waals surface area contributed by atoms with Crippen molar-refractivity contribution in [1.29, 1.82) is 0 Å². The van der Waals surface area contributed by atoms with E-state index in [-0.39, 0.29) is 11.8 Å². The summed E-state index contributed by atoms with van der Waals surface area (Å²) in [5.41, 5.74) is 0. The van der Waals surface area contributed by atoms with Crippen LogP contribution in [0.3, 0.4) is 0 Å². The monoisotopic (exact) mass is 186 g/mol. The van der Waals surface area contributed by atoms with Crippen LogP contribution in [-0.4, -0.2) is 5.97 Å². The smallest absolute Gasteiger partial charge is 0.315 e. The normalized spacial score (nSPS) is 9.50. The number of benzene rings is 1. The van der Waals surface area contributed by atoms with Crippen molar-refractivity contribution in [2.75, 3.05) is 0 Å². The molecule has 0 aliphatic heterocycles. The van der Waals surface area contributed by atoms with Crippen LogP contribution in [0, 0.1) is 5.82 Å². The molecule has 0 unspecified atom stereocenters. The second kappa shape index (κ2) is 4.11. The topological polar surface area (TPSA) is 26.3 Å². The Morgan fingerprint density at radius 2 is 2.00 bits per heavy atom. The van der Waals surface area contributed by atoms with Crippen LogP contribution in [0.5, 0.6) is 0 Å². The Kier molecular flexibility index (Phi) is 3.10. The summed E-state index contributed by atoms with van der Waals surface area (Å²) in [4.78, 5) is 11.1. The average Bonchev–Trinajstić information content (AvgIpc) is 2.03. The van der Waals surface area contributed by atoms with Gasteiger partial charge in [0.25, 0.3) is 0 Å². The lowest BCUT2D eigenvalue weighted by molar-refractivity contribution is -0.130. The third-order valence-electron chi connectivity index (χ3n) is 1.07. The molecule has 0 radical (unpaired) electrons. The molecule has 0 N–H and O–H groups in total. The Bertz CT molecular complexity index is 271. The second-order valence-electron chi connectivity index (χ2n) is 2.11. The molecule has 0 aromatic heterocycles. The van der Waals surface area contributed by atoms with Crippen LogP contribution >= 0.6 is 12.0 Å². The first-order valence-electron chi connectivity index (χ1n) is 3.29. The van der Waals surface area contributed by atoms with E-state index in [4.69, 9.17) is 0 Å². The Balaban J connectivity index is 2.53. The molecule has 0 fully saturated rings. The van der Waals surface area contributed by atoms with Gasteiger partial charge in [0.1, 0.15) is 5.82 Å². The predicted molar refractivity (Wildman–Crippen MR) is 44.0 cm³/mol. The van der Waals surface area contributed by atoms with Crippen LogP contribution in [0.4, 0.5) is 4.39 Å². The molecule has 64 valence electrons. The van der Waals surface area contributed by atoms with Crippen molar-refractivity contribution in [1.82, 2.24) is 0 Å². The lowest BCUT2D eigenvalue weighted by atomic mass is 10.4. The summed E-state index contributed by atoms with van der Waals surface area (Å²) in [6.07, 6.45) is 0. The fraction of sp³-hybridized carbons (Fsp3) is 0.125. The first-order chi connectivity index (χ1) is 5.68. The third kappa shape index (κ3) is 2.92. The number of halogens is 1. The summed E-state index contributed by atoms with van der Waals surface area (Å²) >= 11 is 0.921. The van der Waals surface area contributed by atoms with E-state index in [0.29, 0.717) is 4.90 Å². The summed E-state index contributed by atoms with van der Waals surface area (Å²) < 4.78 is 17.0. The van der Waals surface area contributed by atoms with Gasteiger partial charge in [0.05, 0.1) is 12.0 Å². The van der Waals surface area contributed by atoms with Gasteiger partial charge in [-0.25, -0.2) is 4.39 Å². The number of carbonyl (C=O) groups excluding carboxylic acids is 1. The van der Waals surface area contributed by atoms with E-state index >= 15 is 0 Å². The maximum Gasteiger partial charge on any atom is 0.315 e. The maximum atomic E-state index is 12.4. The number of hydrogen-bond acceptors (Lipinski definition) is 3. The summed E-state index contributed by atoms with van der Waals surface area (Å²) in [5, 5.41) is 0. The molecule has 0 saturated heterocycles. The van der Waals surface area contributed by atoms with E-state index in [1.54, 1.807) is 12.1 Å². The van der Waals surface area contributed by atoms with Gasteiger partial charge in [-0.05, 0) is 24.3 Å². The third-order valence-corrected chi connectivity index (χ3v) is 1.85. The molecule has 1 aromatic carbocycles. The molecule has 0 saturated carbocycles. The maximum absolute atomic E-state index is 12.4. The van der Waals surface area contributed by atoms with Crippen LogP contribution in [0.2, 0.25) is 0 Å². The van der Waals surface area contributed by atoms with Gasteiger partial charge in [-0.2, -0.15) is 0 Å². The number of rotatable bonds is 2. The van der Waals surface area contributed by atoms with Crippen molar-refractivity contribution in [3.05, 3.63) is 30.1 Å². The summed E-state index contributed by atoms with van der Waals surface area (Å²) in [6, 6.07) is 5.71. The molecule has 1 rings (SSSR count). The van der Waals surface area contributed by atoms with E-state index in [1.807, 2.05) is 0 Å². The van der Waals surface area contributed by atoms with Crippen LogP contribution in [0.1, 0.15) is 6.92 Å². The van der Waals surface area contributed by atoms with Gasteiger partial charge in [0.15, 0.2) is 0 Å². The predicted octanol–water partition coefficient (Wildman–Crippen LogP) is 2.40. The summed E-state index contributed by atoms with van der Waals surface area (Å²) in [6.45, 7) is 1.32. The van der Waals surface area contributed by atoms with Crippen molar-refractivity contribution in [3.63, 3.8) is 0 Å². The standard InChI is InChI=1S/C8H7FO2S/c1-6(10)11-12-8-4-2-7(9)3-5-8/h2-5H,1H3. The largest absolute Gasteiger partial charge is 0.386 e. The fourth-order valence-electron chi connectivity index (χ4n) is 0.597. The van der Waals surface area contributed by atoms with Gasteiger partial charge in [0, 0.05) is 11.8 Å². The highest BCUT2D eigenvalue weighted by Gasteiger charge is 1.97. The Morgan fingerprint density at radius 1 is 1.42 bits per heavy atom. The van der Waals surface area contributed by atoms with Crippen molar-refractivity contribution < 1.29 is 13.4 Å². The average molecular weight is 186 g/mol. The molecule has 12 heavy (non-hydrogen) atoms. The van der Waals surface area contributed by atoms with E-state index in [1.165, 1.54) is 19.1 Å². The highest BCUT2D eigenvalue weighted by atomic mass is 32.2. The summed E-state index contributed by atoms with van der Waals surface area (Å²) in [5.74, 6) is -0.675. The molecular weight excluding hydrogens is 179 g/mol. The Hall–Kier alpha value is -1.03. The number of hydrogen-bond donors (Lipinski definition) is 0. The van der Waals surface area contributed by atoms with Gasteiger partial charge >= 0.3 is 5.97 Å². The highest BCUT2D eigenvalue weighted by Crippen LogP contribution is 2.18. The van der Waals surface area contributed by atoms with Crippen LogP contribution < -0.4 is 0 Å². The van der Waals surface area contributed by atoms with E-state index in [2.05, 4.69) is 4.18 Å². The zero-order valence-corrected chi connectivity index (χ0v) is 7.23. The van der Waals surface area contributed by atoms with Gasteiger partial charge in [-0.15, -0.1) is 0 Å². The zero-order valence-electron chi connectivity index (χ0n) is 6.41. The molecule has 0 atom stereocenters. The second-order valence-corrected chi connectivity index (χ2v) is 2.92. The SMILES string of the molecule is CC(=O)OSc1ccc(F)cc1.